The zero-order valence-electron chi connectivity index (χ0n) is 36.0. The maximum atomic E-state index is 10.6. The molecule has 0 aliphatic carbocycles. The molecule has 0 radical (unpaired) electrons. The zero-order chi connectivity index (χ0) is 44.9. The van der Waals surface area contributed by atoms with E-state index in [0.29, 0.717) is 11.1 Å². The van der Waals surface area contributed by atoms with E-state index in [2.05, 4.69) is 103 Å². The van der Waals surface area contributed by atoms with Crippen LogP contribution in [0.1, 0.15) is 57.1 Å². The molecular weight excluding hydrogens is 789 g/mol. The van der Waals surface area contributed by atoms with Gasteiger partial charge in [-0.15, -0.1) is 0 Å². The number of fused-ring (bicyclic) bond motifs is 2. The van der Waals surface area contributed by atoms with E-state index < -0.39 is 0 Å². The maximum absolute atomic E-state index is 10.6. The van der Waals surface area contributed by atoms with E-state index in [1.165, 1.54) is 35.7 Å². The van der Waals surface area contributed by atoms with Gasteiger partial charge in [0.1, 0.15) is 0 Å². The number of pyridine rings is 6. The number of ketones is 2. The van der Waals surface area contributed by atoms with Gasteiger partial charge >= 0.3 is 0 Å². The molecule has 0 atom stereocenters. The largest absolute Gasteiger partial charge is 0.294 e. The predicted octanol–water partition coefficient (Wildman–Crippen LogP) is 12.4. The zero-order valence-corrected chi connectivity index (χ0v) is 36.0. The van der Waals surface area contributed by atoms with Crippen molar-refractivity contribution in [1.82, 2.24) is 29.9 Å². The standard InChI is InChI=1S/2C12H11N.2C9H7N.2C7H7NO/c2*1-2-6-11(7-3-1)10-12-8-4-5-9-13-12;2*1-2-6-9-8(4-1)5-3-7-10-9;2*1-6(9)7-3-2-4-8-5-7/h2*1-9H,10H2;2*1-7H;2*2-5H,1H3. The van der Waals surface area contributed by atoms with Crippen molar-refractivity contribution in [2.24, 2.45) is 0 Å². The number of Topliss-reactive ketones (excluding diaryl/α,β-unsaturated/α-hetero) is 2. The van der Waals surface area contributed by atoms with E-state index in [0.717, 1.165) is 35.3 Å². The molecule has 10 aromatic rings. The molecule has 0 saturated heterocycles. The van der Waals surface area contributed by atoms with Crippen LogP contribution in [-0.2, 0) is 12.8 Å². The van der Waals surface area contributed by atoms with Crippen LogP contribution in [0.2, 0.25) is 0 Å². The van der Waals surface area contributed by atoms with E-state index in [1.54, 1.807) is 49.1 Å². The molecule has 0 fully saturated rings. The quantitative estimate of drug-likeness (QED) is 0.152. The molecule has 0 bridgehead atoms. The molecule has 316 valence electrons. The molecule has 0 spiro atoms. The third kappa shape index (κ3) is 17.7. The smallest absolute Gasteiger partial charge is 0.161 e. The Morgan fingerprint density at radius 2 is 0.688 bits per heavy atom. The lowest BCUT2D eigenvalue weighted by atomic mass is 10.1. The molecule has 6 heterocycles. The molecule has 10 rings (SSSR count). The average molecular weight is 839 g/mol. The first-order chi connectivity index (χ1) is 31.4. The molecule has 0 unspecified atom stereocenters. The molecule has 0 aliphatic heterocycles. The van der Waals surface area contributed by atoms with Crippen molar-refractivity contribution in [2.45, 2.75) is 26.7 Å². The number of carbonyl (C=O) groups excluding carboxylic acids is 2. The summed E-state index contributed by atoms with van der Waals surface area (Å²) in [4.78, 5) is 45.7. The summed E-state index contributed by atoms with van der Waals surface area (Å²) in [5, 5.41) is 2.40. The van der Waals surface area contributed by atoms with Gasteiger partial charge in [-0.1, -0.05) is 121 Å². The van der Waals surface area contributed by atoms with Crippen molar-refractivity contribution in [3.8, 4) is 0 Å². The Bertz CT molecular complexity index is 2410. The molecule has 0 saturated carbocycles. The fourth-order valence-corrected chi connectivity index (χ4v) is 5.79. The SMILES string of the molecule is CC(=O)c1cccnc1.CC(=O)c1cccnc1.c1ccc(Cc2ccccn2)cc1.c1ccc(Cc2ccccn2)cc1.c1ccc2ncccc2c1.c1ccc2ncccc2c1. The second-order valence-corrected chi connectivity index (χ2v) is 14.0. The lowest BCUT2D eigenvalue weighted by Gasteiger charge is -1.99. The van der Waals surface area contributed by atoms with Crippen LogP contribution in [0.15, 0.2) is 244 Å². The molecular formula is C56H50N6O2. The number of hydrogen-bond acceptors (Lipinski definition) is 8. The van der Waals surface area contributed by atoms with Gasteiger partial charge in [-0.2, -0.15) is 0 Å². The lowest BCUT2D eigenvalue weighted by molar-refractivity contribution is 0.100. The Labute approximate surface area is 375 Å². The van der Waals surface area contributed by atoms with E-state index in [9.17, 15) is 9.59 Å². The normalized spacial score (nSPS) is 9.66. The van der Waals surface area contributed by atoms with E-state index in [4.69, 9.17) is 0 Å². The van der Waals surface area contributed by atoms with Gasteiger partial charge in [0.25, 0.3) is 0 Å². The Kier molecular flexibility index (Phi) is 20.1. The van der Waals surface area contributed by atoms with E-state index in [1.807, 2.05) is 122 Å². The molecule has 4 aromatic carbocycles. The van der Waals surface area contributed by atoms with Gasteiger partial charge in [0.05, 0.1) is 11.0 Å². The van der Waals surface area contributed by atoms with Gasteiger partial charge in [-0.25, -0.2) is 0 Å². The van der Waals surface area contributed by atoms with Crippen LogP contribution < -0.4 is 0 Å². The summed E-state index contributed by atoms with van der Waals surface area (Å²) >= 11 is 0. The minimum atomic E-state index is 0.0584. The van der Waals surface area contributed by atoms with Gasteiger partial charge in [0, 0.05) is 95.7 Å². The Hall–Kier alpha value is -8.36. The maximum Gasteiger partial charge on any atom is 0.161 e. The van der Waals surface area contributed by atoms with Crippen LogP contribution >= 0.6 is 0 Å². The van der Waals surface area contributed by atoms with Crippen LogP contribution in [0.4, 0.5) is 0 Å². The first-order valence-electron chi connectivity index (χ1n) is 20.7. The minimum absolute atomic E-state index is 0.0584. The fourth-order valence-electron chi connectivity index (χ4n) is 5.79. The topological polar surface area (TPSA) is 111 Å². The van der Waals surface area contributed by atoms with Crippen molar-refractivity contribution in [2.75, 3.05) is 0 Å². The van der Waals surface area contributed by atoms with Gasteiger partial charge < -0.3 is 0 Å². The van der Waals surface area contributed by atoms with Crippen LogP contribution in [0.3, 0.4) is 0 Å². The lowest BCUT2D eigenvalue weighted by Crippen LogP contribution is -1.90. The highest BCUT2D eigenvalue weighted by molar-refractivity contribution is 5.94. The Morgan fingerprint density at radius 1 is 0.344 bits per heavy atom. The first kappa shape index (κ1) is 46.7. The van der Waals surface area contributed by atoms with Crippen LogP contribution in [0, 0.1) is 0 Å². The number of benzene rings is 4. The number of hydrogen-bond donors (Lipinski definition) is 0. The van der Waals surface area contributed by atoms with Crippen LogP contribution in [0.25, 0.3) is 21.8 Å². The van der Waals surface area contributed by atoms with Gasteiger partial charge in [-0.3, -0.25) is 39.5 Å². The molecule has 8 nitrogen and oxygen atoms in total. The molecule has 0 N–H and O–H groups in total. The molecule has 0 amide bonds. The summed E-state index contributed by atoms with van der Waals surface area (Å²) in [6.45, 7) is 3.05. The monoisotopic (exact) mass is 838 g/mol. The van der Waals surface area contributed by atoms with E-state index in [-0.39, 0.29) is 11.6 Å². The first-order valence-corrected chi connectivity index (χ1v) is 20.7. The third-order valence-corrected chi connectivity index (χ3v) is 9.07. The summed E-state index contributed by atoms with van der Waals surface area (Å²) < 4.78 is 0. The van der Waals surface area contributed by atoms with Crippen LogP contribution in [-0.4, -0.2) is 41.5 Å². The molecule has 8 heteroatoms. The summed E-state index contributed by atoms with van der Waals surface area (Å²) in [6, 6.07) is 63.9. The number of para-hydroxylation sites is 2. The molecule has 64 heavy (non-hydrogen) atoms. The summed E-state index contributed by atoms with van der Waals surface area (Å²) in [7, 11) is 0. The highest BCUT2D eigenvalue weighted by Gasteiger charge is 1.97. The van der Waals surface area contributed by atoms with E-state index >= 15 is 0 Å². The Balaban J connectivity index is 0.000000145. The second kappa shape index (κ2) is 27.5. The molecule has 0 aliphatic rings. The number of aromatic nitrogens is 6. The fraction of sp³-hybridized carbons (Fsp3) is 0.0714. The second-order valence-electron chi connectivity index (χ2n) is 14.0. The third-order valence-electron chi connectivity index (χ3n) is 9.07. The van der Waals surface area contributed by atoms with Crippen molar-refractivity contribution in [3.63, 3.8) is 0 Å². The number of rotatable bonds is 6. The minimum Gasteiger partial charge on any atom is -0.294 e. The van der Waals surface area contributed by atoms with Crippen molar-refractivity contribution < 1.29 is 9.59 Å². The highest BCUT2D eigenvalue weighted by atomic mass is 16.1. The van der Waals surface area contributed by atoms with Gasteiger partial charge in [0.2, 0.25) is 0 Å². The van der Waals surface area contributed by atoms with Crippen molar-refractivity contribution >= 4 is 33.4 Å². The van der Waals surface area contributed by atoms with Gasteiger partial charge in [0.15, 0.2) is 11.6 Å². The number of nitrogens with zero attached hydrogens (tertiary/aromatic N) is 6. The summed E-state index contributed by atoms with van der Waals surface area (Å²) in [6.07, 6.45) is 15.5. The number of carbonyl (C=O) groups is 2. The van der Waals surface area contributed by atoms with Crippen molar-refractivity contribution in [3.05, 3.63) is 277 Å². The highest BCUT2D eigenvalue weighted by Crippen LogP contribution is 2.10. The summed E-state index contributed by atoms with van der Waals surface area (Å²) in [5.41, 5.74) is 8.30. The van der Waals surface area contributed by atoms with Crippen LogP contribution in [0.5, 0.6) is 0 Å². The Morgan fingerprint density at radius 3 is 1.02 bits per heavy atom. The van der Waals surface area contributed by atoms with Crippen molar-refractivity contribution in [1.29, 1.82) is 0 Å². The molecule has 6 aromatic heterocycles. The summed E-state index contributed by atoms with van der Waals surface area (Å²) in [5.74, 6) is 0.117. The predicted molar refractivity (Wildman–Crippen MR) is 259 cm³/mol. The van der Waals surface area contributed by atoms with Gasteiger partial charge in [-0.05, 0) is 97.8 Å². The average Bonchev–Trinajstić information content (AvgIpc) is 3.37.